The van der Waals surface area contributed by atoms with Gasteiger partial charge in [0.25, 0.3) is 5.91 Å². The van der Waals surface area contributed by atoms with Crippen LogP contribution >= 0.6 is 11.3 Å². The number of hydrogen-bond acceptors (Lipinski definition) is 7. The van der Waals surface area contributed by atoms with Gasteiger partial charge in [0.05, 0.1) is 31.6 Å². The van der Waals surface area contributed by atoms with E-state index in [4.69, 9.17) is 23.9 Å². The van der Waals surface area contributed by atoms with Gasteiger partial charge in [0.2, 0.25) is 0 Å². The molecule has 1 saturated heterocycles. The third kappa shape index (κ3) is 4.49. The van der Waals surface area contributed by atoms with E-state index >= 15 is 0 Å². The van der Waals surface area contributed by atoms with Crippen LogP contribution in [0.3, 0.4) is 0 Å². The number of ether oxygens (including phenoxy) is 4. The number of carbonyl (C=O) groups excluding carboxylic acids is 1. The van der Waals surface area contributed by atoms with Crippen LogP contribution in [0.25, 0.3) is 10.2 Å². The smallest absolute Gasteiger partial charge is 0.266 e. The van der Waals surface area contributed by atoms with Crippen LogP contribution in [-0.2, 0) is 9.53 Å². The number of hydrogen-bond donors (Lipinski definition) is 0. The third-order valence-corrected chi connectivity index (χ3v) is 6.00. The molecule has 1 fully saturated rings. The molecule has 0 aliphatic carbocycles. The molecule has 158 valence electrons. The Morgan fingerprint density at radius 1 is 1.17 bits per heavy atom. The van der Waals surface area contributed by atoms with Crippen LogP contribution in [0, 0.1) is 0 Å². The summed E-state index contributed by atoms with van der Waals surface area (Å²) >= 11 is 1.46. The molecule has 30 heavy (non-hydrogen) atoms. The van der Waals surface area contributed by atoms with Crippen LogP contribution < -0.4 is 19.1 Å². The van der Waals surface area contributed by atoms with Gasteiger partial charge in [0.1, 0.15) is 22.8 Å². The van der Waals surface area contributed by atoms with Gasteiger partial charge in [-0.15, -0.1) is 0 Å². The van der Waals surface area contributed by atoms with Crippen LogP contribution in [0.4, 0.5) is 5.13 Å². The van der Waals surface area contributed by atoms with Gasteiger partial charge in [-0.05, 0) is 49.2 Å². The van der Waals surface area contributed by atoms with E-state index in [0.29, 0.717) is 23.2 Å². The normalized spacial score (nSPS) is 15.9. The molecule has 0 spiro atoms. The number of thiazole rings is 1. The Kier molecular flexibility index (Phi) is 6.35. The monoisotopic (exact) mass is 428 g/mol. The zero-order valence-electron chi connectivity index (χ0n) is 17.0. The molecule has 1 aliphatic heterocycles. The zero-order chi connectivity index (χ0) is 20.9. The Hall–Kier alpha value is -2.84. The van der Waals surface area contributed by atoms with Crippen molar-refractivity contribution in [3.8, 4) is 17.2 Å². The van der Waals surface area contributed by atoms with Crippen molar-refractivity contribution in [2.45, 2.75) is 18.9 Å². The van der Waals surface area contributed by atoms with Crippen molar-refractivity contribution in [2.24, 2.45) is 0 Å². The highest BCUT2D eigenvalue weighted by Gasteiger charge is 2.27. The van der Waals surface area contributed by atoms with E-state index in [-0.39, 0.29) is 18.6 Å². The summed E-state index contributed by atoms with van der Waals surface area (Å²) in [5, 5.41) is 0.619. The van der Waals surface area contributed by atoms with E-state index in [1.54, 1.807) is 43.4 Å². The van der Waals surface area contributed by atoms with Crippen molar-refractivity contribution in [3.05, 3.63) is 42.5 Å². The fraction of sp³-hybridized carbons (Fsp3) is 0.364. The molecule has 1 aliphatic rings. The maximum absolute atomic E-state index is 13.1. The molecule has 1 amide bonds. The molecule has 8 heteroatoms. The topological polar surface area (TPSA) is 70.1 Å². The second kappa shape index (κ2) is 9.32. The highest BCUT2D eigenvalue weighted by molar-refractivity contribution is 7.22. The molecule has 2 heterocycles. The molecule has 4 rings (SSSR count). The van der Waals surface area contributed by atoms with Crippen LogP contribution in [0.2, 0.25) is 0 Å². The number of methoxy groups -OCH3 is 2. The average Bonchev–Trinajstić information content (AvgIpc) is 3.45. The first-order valence-corrected chi connectivity index (χ1v) is 10.6. The van der Waals surface area contributed by atoms with Gasteiger partial charge in [-0.25, -0.2) is 4.98 Å². The predicted octanol–water partition coefficient (Wildman–Crippen LogP) is 3.90. The lowest BCUT2D eigenvalue weighted by atomic mass is 10.2. The lowest BCUT2D eigenvalue weighted by Gasteiger charge is -2.23. The summed E-state index contributed by atoms with van der Waals surface area (Å²) in [6.07, 6.45) is 1.93. The van der Waals surface area contributed by atoms with Crippen molar-refractivity contribution in [3.63, 3.8) is 0 Å². The van der Waals surface area contributed by atoms with Gasteiger partial charge in [-0.2, -0.15) is 0 Å². The minimum atomic E-state index is -0.167. The summed E-state index contributed by atoms with van der Waals surface area (Å²) in [5.74, 6) is 1.86. The number of aromatic nitrogens is 1. The lowest BCUT2D eigenvalue weighted by Crippen LogP contribution is -2.40. The van der Waals surface area contributed by atoms with Crippen molar-refractivity contribution < 1.29 is 23.7 Å². The number of rotatable bonds is 8. The van der Waals surface area contributed by atoms with Gasteiger partial charge in [0.15, 0.2) is 11.7 Å². The Morgan fingerprint density at radius 3 is 2.67 bits per heavy atom. The maximum Gasteiger partial charge on any atom is 0.266 e. The molecule has 3 aromatic rings. The fourth-order valence-corrected chi connectivity index (χ4v) is 4.37. The number of nitrogens with zero attached hydrogens (tertiary/aromatic N) is 2. The summed E-state index contributed by atoms with van der Waals surface area (Å²) in [7, 11) is 3.22. The molecule has 7 nitrogen and oxygen atoms in total. The largest absolute Gasteiger partial charge is 0.497 e. The molecule has 1 atom stereocenters. The minimum Gasteiger partial charge on any atom is -0.497 e. The molecule has 0 bridgehead atoms. The molecule has 1 aromatic heterocycles. The first-order chi connectivity index (χ1) is 14.7. The summed E-state index contributed by atoms with van der Waals surface area (Å²) in [5.41, 5.74) is 0.751. The highest BCUT2D eigenvalue weighted by atomic mass is 32.1. The van der Waals surface area contributed by atoms with E-state index < -0.39 is 0 Å². The van der Waals surface area contributed by atoms with Gasteiger partial charge >= 0.3 is 0 Å². The van der Waals surface area contributed by atoms with Gasteiger partial charge in [0, 0.05) is 6.61 Å². The molecule has 0 radical (unpaired) electrons. The van der Waals surface area contributed by atoms with Gasteiger partial charge in [-0.3, -0.25) is 9.69 Å². The van der Waals surface area contributed by atoms with Crippen LogP contribution in [-0.4, -0.2) is 51.0 Å². The number of fused-ring (bicyclic) bond motifs is 1. The average molecular weight is 429 g/mol. The van der Waals surface area contributed by atoms with E-state index in [0.717, 1.165) is 35.4 Å². The SMILES string of the molecule is COc1ccc(OCC(=O)N(CC2CCCO2)c2nc3c(OC)cccc3s2)cc1. The fourth-order valence-electron chi connectivity index (χ4n) is 3.37. The van der Waals surface area contributed by atoms with Crippen molar-refractivity contribution in [1.82, 2.24) is 4.98 Å². The van der Waals surface area contributed by atoms with Gasteiger partial charge in [-0.1, -0.05) is 17.4 Å². The molecule has 0 N–H and O–H groups in total. The number of anilines is 1. The van der Waals surface area contributed by atoms with Crippen molar-refractivity contribution in [2.75, 3.05) is 38.9 Å². The Labute approximate surface area is 179 Å². The van der Waals surface area contributed by atoms with Crippen LogP contribution in [0.1, 0.15) is 12.8 Å². The second-order valence-corrected chi connectivity index (χ2v) is 7.92. The van der Waals surface area contributed by atoms with E-state index in [9.17, 15) is 4.79 Å². The van der Waals surface area contributed by atoms with E-state index in [1.807, 2.05) is 18.2 Å². The summed E-state index contributed by atoms with van der Waals surface area (Å²) < 4.78 is 23.0. The molecule has 0 saturated carbocycles. The lowest BCUT2D eigenvalue weighted by molar-refractivity contribution is -0.120. The number of benzene rings is 2. The third-order valence-electron chi connectivity index (χ3n) is 4.95. The Bertz CT molecular complexity index is 998. The van der Waals surface area contributed by atoms with E-state index in [2.05, 4.69) is 0 Å². The standard InChI is InChI=1S/C22H24N2O5S/c1-26-15-8-10-16(11-9-15)29-14-20(25)24(13-17-5-4-12-28-17)22-23-21-18(27-2)6-3-7-19(21)30-22/h3,6-11,17H,4-5,12-14H2,1-2H3. The first kappa shape index (κ1) is 20.4. The zero-order valence-corrected chi connectivity index (χ0v) is 17.8. The summed E-state index contributed by atoms with van der Waals surface area (Å²) in [6.45, 7) is 1.09. The molecular weight excluding hydrogens is 404 g/mol. The van der Waals surface area contributed by atoms with Gasteiger partial charge < -0.3 is 18.9 Å². The first-order valence-electron chi connectivity index (χ1n) is 9.80. The highest BCUT2D eigenvalue weighted by Crippen LogP contribution is 2.34. The number of para-hydroxylation sites is 1. The predicted molar refractivity (Wildman–Crippen MR) is 116 cm³/mol. The van der Waals surface area contributed by atoms with Crippen molar-refractivity contribution >= 4 is 32.6 Å². The number of amides is 1. The minimum absolute atomic E-state index is 0.00356. The maximum atomic E-state index is 13.1. The molecular formula is C22H24N2O5S. The summed E-state index contributed by atoms with van der Waals surface area (Å²) in [4.78, 5) is 19.5. The Balaban J connectivity index is 1.54. The molecule has 1 unspecified atom stereocenters. The number of carbonyl (C=O) groups is 1. The van der Waals surface area contributed by atoms with Crippen LogP contribution in [0.15, 0.2) is 42.5 Å². The quantitative estimate of drug-likeness (QED) is 0.542. The van der Waals surface area contributed by atoms with E-state index in [1.165, 1.54) is 11.3 Å². The van der Waals surface area contributed by atoms with Crippen LogP contribution in [0.5, 0.6) is 17.2 Å². The summed E-state index contributed by atoms with van der Waals surface area (Å²) in [6, 6.07) is 12.9. The second-order valence-electron chi connectivity index (χ2n) is 6.91. The van der Waals surface area contributed by atoms with Crippen molar-refractivity contribution in [1.29, 1.82) is 0 Å². The Morgan fingerprint density at radius 2 is 1.97 bits per heavy atom. The molecule has 2 aromatic carbocycles.